The lowest BCUT2D eigenvalue weighted by molar-refractivity contribution is -0.120. The largest absolute Gasteiger partial charge is 0.355 e. The van der Waals surface area contributed by atoms with Crippen molar-refractivity contribution in [2.75, 3.05) is 19.6 Å². The zero-order valence-corrected chi connectivity index (χ0v) is 10.1. The van der Waals surface area contributed by atoms with Gasteiger partial charge in [0.15, 0.2) is 0 Å². The van der Waals surface area contributed by atoms with Crippen LogP contribution in [0.3, 0.4) is 0 Å². The molecule has 0 aliphatic carbocycles. The summed E-state index contributed by atoms with van der Waals surface area (Å²) in [6.45, 7) is 3.59. The maximum atomic E-state index is 13.2. The zero-order chi connectivity index (χ0) is 12.5. The van der Waals surface area contributed by atoms with Gasteiger partial charge in [0.25, 0.3) is 0 Å². The summed E-state index contributed by atoms with van der Waals surface area (Å²) in [4.78, 5) is 11.2. The summed E-state index contributed by atoms with van der Waals surface area (Å²) in [6, 6.07) is 6.69. The Balaban J connectivity index is 2.16. The van der Waals surface area contributed by atoms with Crippen molar-refractivity contribution >= 4 is 5.91 Å². The van der Waals surface area contributed by atoms with Gasteiger partial charge in [0.1, 0.15) is 5.82 Å². The van der Waals surface area contributed by atoms with E-state index >= 15 is 0 Å². The topological polar surface area (TPSA) is 41.1 Å². The Kier molecular flexibility index (Phi) is 6.25. The van der Waals surface area contributed by atoms with Crippen LogP contribution in [0.2, 0.25) is 0 Å². The van der Waals surface area contributed by atoms with Gasteiger partial charge in [0, 0.05) is 6.54 Å². The van der Waals surface area contributed by atoms with Gasteiger partial charge >= 0.3 is 0 Å². The van der Waals surface area contributed by atoms with Crippen LogP contribution in [-0.4, -0.2) is 25.5 Å². The van der Waals surface area contributed by atoms with Gasteiger partial charge in [-0.15, -0.1) is 0 Å². The van der Waals surface area contributed by atoms with Gasteiger partial charge in [-0.3, -0.25) is 4.79 Å². The monoisotopic (exact) mass is 238 g/mol. The minimum absolute atomic E-state index is 0.0135. The van der Waals surface area contributed by atoms with Gasteiger partial charge in [0.2, 0.25) is 5.91 Å². The summed E-state index contributed by atoms with van der Waals surface area (Å²) in [6.07, 6.45) is 1.52. The molecule has 1 amide bonds. The molecule has 0 saturated heterocycles. The van der Waals surface area contributed by atoms with E-state index in [0.29, 0.717) is 25.1 Å². The van der Waals surface area contributed by atoms with E-state index in [1.807, 2.05) is 13.0 Å². The number of carbonyl (C=O) groups is 1. The maximum absolute atomic E-state index is 13.2. The average molecular weight is 238 g/mol. The van der Waals surface area contributed by atoms with Crippen LogP contribution in [0.15, 0.2) is 24.3 Å². The highest BCUT2D eigenvalue weighted by atomic mass is 19.1. The highest BCUT2D eigenvalue weighted by molar-refractivity contribution is 5.77. The Hall–Kier alpha value is -1.42. The first-order valence-corrected chi connectivity index (χ1v) is 5.95. The fourth-order valence-electron chi connectivity index (χ4n) is 1.45. The van der Waals surface area contributed by atoms with Crippen molar-refractivity contribution < 1.29 is 9.18 Å². The molecular weight excluding hydrogens is 219 g/mol. The lowest BCUT2D eigenvalue weighted by atomic mass is 10.1. The van der Waals surface area contributed by atoms with Crippen LogP contribution in [0.1, 0.15) is 18.9 Å². The number of rotatable bonds is 7. The molecule has 0 radical (unpaired) electrons. The number of hydrogen-bond donors (Lipinski definition) is 2. The summed E-state index contributed by atoms with van der Waals surface area (Å²) in [5, 5.41) is 5.76. The van der Waals surface area contributed by atoms with Crippen LogP contribution in [0.5, 0.6) is 0 Å². The molecule has 0 fully saturated rings. The molecule has 2 N–H and O–H groups in total. The normalized spacial score (nSPS) is 10.2. The molecule has 1 aromatic rings. The van der Waals surface area contributed by atoms with E-state index < -0.39 is 0 Å². The Morgan fingerprint density at radius 3 is 2.76 bits per heavy atom. The summed E-state index contributed by atoms with van der Waals surface area (Å²) in [5.41, 5.74) is 0.675. The highest BCUT2D eigenvalue weighted by Crippen LogP contribution is 2.05. The number of hydrogen-bond acceptors (Lipinski definition) is 2. The molecule has 17 heavy (non-hydrogen) atoms. The molecule has 0 aliphatic heterocycles. The molecule has 0 aromatic heterocycles. The van der Waals surface area contributed by atoms with Crippen molar-refractivity contribution in [3.05, 3.63) is 35.6 Å². The van der Waals surface area contributed by atoms with Crippen molar-refractivity contribution in [2.45, 2.75) is 19.8 Å². The number of benzene rings is 1. The number of halogens is 1. The Labute approximate surface area is 101 Å². The van der Waals surface area contributed by atoms with Gasteiger partial charge in [-0.2, -0.15) is 0 Å². The molecule has 0 heterocycles. The second-order valence-electron chi connectivity index (χ2n) is 3.87. The first-order valence-electron chi connectivity index (χ1n) is 5.95. The molecule has 0 spiro atoms. The van der Waals surface area contributed by atoms with Crippen LogP contribution < -0.4 is 10.6 Å². The molecule has 0 bridgehead atoms. The first kappa shape index (κ1) is 13.6. The minimum atomic E-state index is -0.190. The van der Waals surface area contributed by atoms with Gasteiger partial charge in [0.05, 0.1) is 6.54 Å². The van der Waals surface area contributed by atoms with E-state index in [-0.39, 0.29) is 18.3 Å². The number of amides is 1. The maximum Gasteiger partial charge on any atom is 0.233 e. The molecule has 0 saturated carbocycles. The van der Waals surface area contributed by atoms with Crippen LogP contribution in [0, 0.1) is 5.82 Å². The Morgan fingerprint density at radius 2 is 2.06 bits per heavy atom. The third kappa shape index (κ3) is 5.45. The van der Waals surface area contributed by atoms with E-state index in [4.69, 9.17) is 0 Å². The predicted octanol–water partition coefficient (Wildman–Crippen LogP) is 1.48. The summed E-state index contributed by atoms with van der Waals surface area (Å²) in [5.74, 6) is -0.204. The van der Waals surface area contributed by atoms with E-state index in [1.165, 1.54) is 6.07 Å². The van der Waals surface area contributed by atoms with Gasteiger partial charge < -0.3 is 10.6 Å². The average Bonchev–Trinajstić information content (AvgIpc) is 2.34. The summed E-state index contributed by atoms with van der Waals surface area (Å²) in [7, 11) is 0. The van der Waals surface area contributed by atoms with Crippen molar-refractivity contribution in [1.82, 2.24) is 10.6 Å². The van der Waals surface area contributed by atoms with E-state index in [1.54, 1.807) is 12.1 Å². The molecule has 3 nitrogen and oxygen atoms in total. The van der Waals surface area contributed by atoms with E-state index in [0.717, 1.165) is 6.42 Å². The standard InChI is InChI=1S/C13H19FN2O/c1-2-8-16-13(17)10-15-9-7-11-5-3-4-6-12(11)14/h3-6,15H,2,7-10H2,1H3,(H,16,17). The molecule has 4 heteroatoms. The molecule has 1 rings (SSSR count). The van der Waals surface area contributed by atoms with Crippen LogP contribution in [0.25, 0.3) is 0 Å². The van der Waals surface area contributed by atoms with Crippen LogP contribution >= 0.6 is 0 Å². The second kappa shape index (κ2) is 7.79. The first-order chi connectivity index (χ1) is 8.24. The van der Waals surface area contributed by atoms with Gasteiger partial charge in [-0.1, -0.05) is 25.1 Å². The molecule has 94 valence electrons. The molecule has 1 aromatic carbocycles. The van der Waals surface area contributed by atoms with Crippen molar-refractivity contribution in [3.63, 3.8) is 0 Å². The van der Waals surface area contributed by atoms with Crippen molar-refractivity contribution in [3.8, 4) is 0 Å². The molecule has 0 aliphatic rings. The summed E-state index contributed by atoms with van der Waals surface area (Å²) >= 11 is 0. The van der Waals surface area contributed by atoms with E-state index in [9.17, 15) is 9.18 Å². The smallest absolute Gasteiger partial charge is 0.233 e. The Morgan fingerprint density at radius 1 is 1.29 bits per heavy atom. The third-order valence-electron chi connectivity index (χ3n) is 2.39. The third-order valence-corrected chi connectivity index (χ3v) is 2.39. The number of carbonyl (C=O) groups excluding carboxylic acids is 1. The number of nitrogens with one attached hydrogen (secondary N) is 2. The fraction of sp³-hybridized carbons (Fsp3) is 0.462. The van der Waals surface area contributed by atoms with Gasteiger partial charge in [-0.05, 0) is 31.0 Å². The van der Waals surface area contributed by atoms with Crippen molar-refractivity contribution in [2.24, 2.45) is 0 Å². The fourth-order valence-corrected chi connectivity index (χ4v) is 1.45. The lowest BCUT2D eigenvalue weighted by Gasteiger charge is -2.06. The second-order valence-corrected chi connectivity index (χ2v) is 3.87. The highest BCUT2D eigenvalue weighted by Gasteiger charge is 2.01. The SMILES string of the molecule is CCCNC(=O)CNCCc1ccccc1F. The van der Waals surface area contributed by atoms with Crippen LogP contribution in [0.4, 0.5) is 4.39 Å². The van der Waals surface area contributed by atoms with Crippen molar-refractivity contribution in [1.29, 1.82) is 0 Å². The summed E-state index contributed by atoms with van der Waals surface area (Å²) < 4.78 is 13.2. The zero-order valence-electron chi connectivity index (χ0n) is 10.1. The molecule has 0 unspecified atom stereocenters. The Bertz CT molecular complexity index is 355. The predicted molar refractivity (Wildman–Crippen MR) is 66.3 cm³/mol. The molecular formula is C13H19FN2O. The van der Waals surface area contributed by atoms with Crippen LogP contribution in [-0.2, 0) is 11.2 Å². The molecule has 0 atom stereocenters. The van der Waals surface area contributed by atoms with E-state index in [2.05, 4.69) is 10.6 Å². The quantitative estimate of drug-likeness (QED) is 0.707. The van der Waals surface area contributed by atoms with Gasteiger partial charge in [-0.25, -0.2) is 4.39 Å². The lowest BCUT2D eigenvalue weighted by Crippen LogP contribution is -2.35. The minimum Gasteiger partial charge on any atom is -0.355 e.